The molecule has 0 saturated heterocycles. The molecule has 0 aliphatic rings. The van der Waals surface area contributed by atoms with Crippen LogP contribution in [-0.2, 0) is 9.53 Å². The van der Waals surface area contributed by atoms with Gasteiger partial charge in [-0.3, -0.25) is 0 Å². The molecule has 0 amide bonds. The van der Waals surface area contributed by atoms with Crippen LogP contribution >= 0.6 is 0 Å². The molecule has 18 heavy (non-hydrogen) atoms. The van der Waals surface area contributed by atoms with Crippen molar-refractivity contribution in [3.05, 3.63) is 36.4 Å². The molecular formula is C14H18O4. The topological polar surface area (TPSA) is 55.8 Å². The maximum absolute atomic E-state index is 11.4. The molecule has 0 saturated carbocycles. The van der Waals surface area contributed by atoms with Crippen LogP contribution in [0.2, 0.25) is 0 Å². The minimum atomic E-state index is -0.635. The van der Waals surface area contributed by atoms with Gasteiger partial charge in [0.05, 0.1) is 0 Å². The number of ether oxygens (including phenoxy) is 2. The van der Waals surface area contributed by atoms with Crippen molar-refractivity contribution < 1.29 is 19.4 Å². The second-order valence-corrected chi connectivity index (χ2v) is 4.02. The SMILES string of the molecule is C=C(C)C(=O)OC(CCC)Oc1ccc(O)cc1. The standard InChI is InChI=1S/C14H18O4/c1-4-5-13(18-14(16)10(2)3)17-12-8-6-11(15)7-9-12/h6-9,13,15H,2,4-5H2,1,3H3. The lowest BCUT2D eigenvalue weighted by Gasteiger charge is -2.18. The lowest BCUT2D eigenvalue weighted by Crippen LogP contribution is -2.24. The van der Waals surface area contributed by atoms with E-state index in [1.807, 2.05) is 6.92 Å². The molecule has 0 aromatic heterocycles. The Morgan fingerprint density at radius 3 is 2.50 bits per heavy atom. The van der Waals surface area contributed by atoms with E-state index < -0.39 is 12.3 Å². The van der Waals surface area contributed by atoms with E-state index in [1.165, 1.54) is 12.1 Å². The molecule has 1 rings (SSSR count). The lowest BCUT2D eigenvalue weighted by atomic mass is 10.3. The molecule has 0 aliphatic carbocycles. The normalized spacial score (nSPS) is 11.7. The molecule has 0 spiro atoms. The number of aromatic hydroxyl groups is 1. The van der Waals surface area contributed by atoms with Crippen molar-refractivity contribution >= 4 is 5.97 Å². The Hall–Kier alpha value is -1.97. The molecule has 1 N–H and O–H groups in total. The van der Waals surface area contributed by atoms with Crippen LogP contribution in [0, 0.1) is 0 Å². The van der Waals surface area contributed by atoms with Crippen molar-refractivity contribution in [2.75, 3.05) is 0 Å². The molecule has 4 heteroatoms. The zero-order valence-corrected chi connectivity index (χ0v) is 10.7. The van der Waals surface area contributed by atoms with Crippen LogP contribution < -0.4 is 4.74 Å². The van der Waals surface area contributed by atoms with Gasteiger partial charge in [0.2, 0.25) is 6.29 Å². The van der Waals surface area contributed by atoms with Gasteiger partial charge in [-0.1, -0.05) is 13.5 Å². The molecular weight excluding hydrogens is 232 g/mol. The second-order valence-electron chi connectivity index (χ2n) is 4.02. The van der Waals surface area contributed by atoms with Gasteiger partial charge in [-0.05, 0) is 37.6 Å². The van der Waals surface area contributed by atoms with Crippen molar-refractivity contribution in [2.45, 2.75) is 33.0 Å². The summed E-state index contributed by atoms with van der Waals surface area (Å²) in [5.74, 6) is 0.237. The number of hydrogen-bond donors (Lipinski definition) is 1. The summed E-state index contributed by atoms with van der Waals surface area (Å²) >= 11 is 0. The fourth-order valence-corrected chi connectivity index (χ4v) is 1.27. The number of carbonyl (C=O) groups is 1. The first-order valence-corrected chi connectivity index (χ1v) is 5.85. The van der Waals surface area contributed by atoms with E-state index in [-0.39, 0.29) is 5.75 Å². The maximum atomic E-state index is 11.4. The fourth-order valence-electron chi connectivity index (χ4n) is 1.27. The third-order valence-corrected chi connectivity index (χ3v) is 2.22. The summed E-state index contributed by atoms with van der Waals surface area (Å²) in [5.41, 5.74) is 0.338. The highest BCUT2D eigenvalue weighted by Gasteiger charge is 2.15. The van der Waals surface area contributed by atoms with Crippen LogP contribution in [0.4, 0.5) is 0 Å². The van der Waals surface area contributed by atoms with Crippen LogP contribution in [0.1, 0.15) is 26.7 Å². The molecule has 0 fully saturated rings. The number of hydrogen-bond acceptors (Lipinski definition) is 4. The minimum Gasteiger partial charge on any atom is -0.508 e. The Labute approximate surface area is 107 Å². The Morgan fingerprint density at radius 1 is 1.39 bits per heavy atom. The molecule has 1 aromatic carbocycles. The number of esters is 1. The van der Waals surface area contributed by atoms with Crippen molar-refractivity contribution in [1.29, 1.82) is 0 Å². The molecule has 1 unspecified atom stereocenters. The van der Waals surface area contributed by atoms with E-state index in [0.29, 0.717) is 17.7 Å². The van der Waals surface area contributed by atoms with Crippen LogP contribution in [-0.4, -0.2) is 17.4 Å². The van der Waals surface area contributed by atoms with E-state index in [0.717, 1.165) is 6.42 Å². The molecule has 0 aliphatic heterocycles. The average molecular weight is 250 g/mol. The molecule has 98 valence electrons. The summed E-state index contributed by atoms with van der Waals surface area (Å²) in [6, 6.07) is 6.26. The second kappa shape index (κ2) is 6.69. The summed E-state index contributed by atoms with van der Waals surface area (Å²) < 4.78 is 10.7. The summed E-state index contributed by atoms with van der Waals surface area (Å²) in [6.45, 7) is 7.09. The van der Waals surface area contributed by atoms with Crippen LogP contribution in [0.3, 0.4) is 0 Å². The molecule has 1 aromatic rings. The van der Waals surface area contributed by atoms with Gasteiger partial charge in [-0.2, -0.15) is 0 Å². The van der Waals surface area contributed by atoms with Crippen LogP contribution in [0.5, 0.6) is 11.5 Å². The number of carbonyl (C=O) groups excluding carboxylic acids is 1. The largest absolute Gasteiger partial charge is 0.508 e. The summed E-state index contributed by atoms with van der Waals surface area (Å²) in [4.78, 5) is 11.4. The van der Waals surface area contributed by atoms with Crippen molar-refractivity contribution in [2.24, 2.45) is 0 Å². The van der Waals surface area contributed by atoms with Gasteiger partial charge in [0.15, 0.2) is 0 Å². The smallest absolute Gasteiger partial charge is 0.336 e. The monoisotopic (exact) mass is 250 g/mol. The molecule has 0 radical (unpaired) electrons. The van der Waals surface area contributed by atoms with Gasteiger partial charge in [0.25, 0.3) is 0 Å². The first kappa shape index (κ1) is 14.1. The van der Waals surface area contributed by atoms with Crippen molar-refractivity contribution in [3.8, 4) is 11.5 Å². The lowest BCUT2D eigenvalue weighted by molar-refractivity contribution is -0.159. The maximum Gasteiger partial charge on any atom is 0.336 e. The highest BCUT2D eigenvalue weighted by Crippen LogP contribution is 2.19. The number of benzene rings is 1. The van der Waals surface area contributed by atoms with Crippen molar-refractivity contribution in [1.82, 2.24) is 0 Å². The molecule has 0 heterocycles. The summed E-state index contributed by atoms with van der Waals surface area (Å²) in [6.07, 6.45) is 0.787. The Kier molecular flexibility index (Phi) is 5.24. The van der Waals surface area contributed by atoms with E-state index in [2.05, 4.69) is 6.58 Å². The third-order valence-electron chi connectivity index (χ3n) is 2.22. The van der Waals surface area contributed by atoms with Crippen molar-refractivity contribution in [3.63, 3.8) is 0 Å². The quantitative estimate of drug-likeness (QED) is 0.479. The zero-order valence-electron chi connectivity index (χ0n) is 10.7. The van der Waals surface area contributed by atoms with Gasteiger partial charge in [-0.25, -0.2) is 4.79 Å². The third kappa shape index (κ3) is 4.49. The van der Waals surface area contributed by atoms with E-state index in [9.17, 15) is 4.79 Å². The first-order valence-electron chi connectivity index (χ1n) is 5.85. The van der Waals surface area contributed by atoms with E-state index in [4.69, 9.17) is 14.6 Å². The zero-order chi connectivity index (χ0) is 13.5. The predicted octanol–water partition coefficient (Wildman–Crippen LogP) is 3.02. The molecule has 1 atom stereocenters. The highest BCUT2D eigenvalue weighted by atomic mass is 16.7. The van der Waals surface area contributed by atoms with Crippen LogP contribution in [0.25, 0.3) is 0 Å². The Balaban J connectivity index is 2.65. The fraction of sp³-hybridized carbons (Fsp3) is 0.357. The van der Waals surface area contributed by atoms with Gasteiger partial charge in [0, 0.05) is 12.0 Å². The highest BCUT2D eigenvalue weighted by molar-refractivity contribution is 5.87. The van der Waals surface area contributed by atoms with Gasteiger partial charge < -0.3 is 14.6 Å². The summed E-state index contributed by atoms with van der Waals surface area (Å²) in [7, 11) is 0. The van der Waals surface area contributed by atoms with Gasteiger partial charge in [-0.15, -0.1) is 0 Å². The summed E-state index contributed by atoms with van der Waals surface area (Å²) in [5, 5.41) is 9.16. The number of phenols is 1. The number of rotatable bonds is 6. The Morgan fingerprint density at radius 2 is 2.00 bits per heavy atom. The van der Waals surface area contributed by atoms with Crippen LogP contribution in [0.15, 0.2) is 36.4 Å². The van der Waals surface area contributed by atoms with Gasteiger partial charge in [0.1, 0.15) is 11.5 Å². The number of phenolic OH excluding ortho intramolecular Hbond substituents is 1. The Bertz CT molecular complexity index is 408. The van der Waals surface area contributed by atoms with Gasteiger partial charge >= 0.3 is 5.97 Å². The minimum absolute atomic E-state index is 0.160. The molecule has 4 nitrogen and oxygen atoms in total. The predicted molar refractivity (Wildman–Crippen MR) is 68.3 cm³/mol. The average Bonchev–Trinajstić information content (AvgIpc) is 2.32. The first-order chi connectivity index (χ1) is 8.52. The van der Waals surface area contributed by atoms with E-state index >= 15 is 0 Å². The van der Waals surface area contributed by atoms with E-state index in [1.54, 1.807) is 19.1 Å². The molecule has 0 bridgehead atoms.